The molecule has 1 aromatic carbocycles. The first-order valence-corrected chi connectivity index (χ1v) is 9.49. The summed E-state index contributed by atoms with van der Waals surface area (Å²) in [6.07, 6.45) is 2.00. The van der Waals surface area contributed by atoms with E-state index >= 15 is 0 Å². The predicted octanol–water partition coefficient (Wildman–Crippen LogP) is 1.29. The summed E-state index contributed by atoms with van der Waals surface area (Å²) >= 11 is 0. The number of anilines is 1. The molecule has 0 radical (unpaired) electrons. The van der Waals surface area contributed by atoms with Crippen molar-refractivity contribution in [1.29, 1.82) is 0 Å². The van der Waals surface area contributed by atoms with Gasteiger partial charge < -0.3 is 20.1 Å². The number of halogens is 1. The lowest BCUT2D eigenvalue weighted by Gasteiger charge is -2.17. The number of hydrogen-bond acceptors (Lipinski definition) is 5. The smallest absolute Gasteiger partial charge is 0.414 e. The van der Waals surface area contributed by atoms with Crippen LogP contribution in [0.2, 0.25) is 0 Å². The van der Waals surface area contributed by atoms with Crippen LogP contribution in [0.25, 0.3) is 5.57 Å². The number of allylic oxidation sites excluding steroid dienone is 1. The molecule has 1 atom stereocenters. The molecule has 8 nitrogen and oxygen atoms in total. The third-order valence-corrected chi connectivity index (χ3v) is 4.98. The molecule has 2 N–H and O–H groups in total. The van der Waals surface area contributed by atoms with E-state index in [1.54, 1.807) is 18.2 Å². The number of nitrogens with one attached hydrogen (secondary N) is 1. The summed E-state index contributed by atoms with van der Waals surface area (Å²) in [5.41, 5.74) is 1.59. The monoisotopic (exact) mass is 405 g/mol. The van der Waals surface area contributed by atoms with Gasteiger partial charge in [0.2, 0.25) is 11.8 Å². The Hall–Kier alpha value is -2.94. The van der Waals surface area contributed by atoms with Gasteiger partial charge in [-0.25, -0.2) is 9.18 Å². The summed E-state index contributed by atoms with van der Waals surface area (Å²) in [6.45, 7) is 2.09. The summed E-state index contributed by atoms with van der Waals surface area (Å²) in [4.78, 5) is 37.6. The second kappa shape index (κ2) is 9.04. The third kappa shape index (κ3) is 4.92. The zero-order valence-corrected chi connectivity index (χ0v) is 16.2. The molecule has 1 saturated heterocycles. The molecule has 3 amide bonds. The molecule has 2 aliphatic rings. The number of aliphatic hydroxyl groups excluding tert-OH is 1. The third-order valence-electron chi connectivity index (χ3n) is 4.98. The highest BCUT2D eigenvalue weighted by Crippen LogP contribution is 2.29. The van der Waals surface area contributed by atoms with E-state index < -0.39 is 24.6 Å². The first-order chi connectivity index (χ1) is 13.9. The number of amides is 3. The van der Waals surface area contributed by atoms with E-state index in [0.717, 1.165) is 5.57 Å². The lowest BCUT2D eigenvalue weighted by Crippen LogP contribution is -2.33. The Morgan fingerprint density at radius 1 is 1.38 bits per heavy atom. The minimum Gasteiger partial charge on any atom is -0.442 e. The van der Waals surface area contributed by atoms with Crippen LogP contribution in [0.15, 0.2) is 24.3 Å². The summed E-state index contributed by atoms with van der Waals surface area (Å²) in [5.74, 6) is -1.03. The number of benzene rings is 1. The van der Waals surface area contributed by atoms with Gasteiger partial charge in [0.1, 0.15) is 18.5 Å². The van der Waals surface area contributed by atoms with Crippen LogP contribution >= 0.6 is 0 Å². The van der Waals surface area contributed by atoms with Crippen molar-refractivity contribution in [2.75, 3.05) is 37.7 Å². The van der Waals surface area contributed by atoms with Crippen LogP contribution in [0.1, 0.15) is 25.3 Å². The number of cyclic esters (lactones) is 1. The highest BCUT2D eigenvalue weighted by molar-refractivity contribution is 5.90. The molecule has 0 bridgehead atoms. The zero-order valence-electron chi connectivity index (χ0n) is 16.2. The average Bonchev–Trinajstić information content (AvgIpc) is 2.90. The number of rotatable bonds is 5. The largest absolute Gasteiger partial charge is 0.442 e. The van der Waals surface area contributed by atoms with Crippen LogP contribution in [0.4, 0.5) is 14.9 Å². The predicted molar refractivity (Wildman–Crippen MR) is 104 cm³/mol. The van der Waals surface area contributed by atoms with Crippen molar-refractivity contribution in [2.45, 2.75) is 25.9 Å². The van der Waals surface area contributed by atoms with Crippen molar-refractivity contribution in [3.63, 3.8) is 0 Å². The molecule has 3 rings (SSSR count). The maximum atomic E-state index is 14.8. The van der Waals surface area contributed by atoms with Gasteiger partial charge >= 0.3 is 6.09 Å². The fraction of sp³-hybridized carbons (Fsp3) is 0.450. The summed E-state index contributed by atoms with van der Waals surface area (Å²) < 4.78 is 20.0. The van der Waals surface area contributed by atoms with Crippen LogP contribution in [0, 0.1) is 5.82 Å². The van der Waals surface area contributed by atoms with Crippen LogP contribution < -0.4 is 10.2 Å². The van der Waals surface area contributed by atoms with Crippen molar-refractivity contribution >= 4 is 29.2 Å². The van der Waals surface area contributed by atoms with E-state index in [1.165, 1.54) is 22.8 Å². The van der Waals surface area contributed by atoms with E-state index in [4.69, 9.17) is 9.84 Å². The Morgan fingerprint density at radius 3 is 2.86 bits per heavy atom. The van der Waals surface area contributed by atoms with Crippen molar-refractivity contribution in [3.05, 3.63) is 35.7 Å². The normalized spacial score (nSPS) is 19.5. The maximum Gasteiger partial charge on any atom is 0.414 e. The Morgan fingerprint density at radius 2 is 2.17 bits per heavy atom. The zero-order chi connectivity index (χ0) is 21.0. The summed E-state index contributed by atoms with van der Waals surface area (Å²) in [5, 5.41) is 11.6. The van der Waals surface area contributed by atoms with Crippen LogP contribution in [0.3, 0.4) is 0 Å². The van der Waals surface area contributed by atoms with Gasteiger partial charge in [0.15, 0.2) is 0 Å². The van der Waals surface area contributed by atoms with E-state index in [0.29, 0.717) is 37.2 Å². The number of aliphatic hydroxyl groups is 1. The van der Waals surface area contributed by atoms with Gasteiger partial charge in [-0.3, -0.25) is 14.5 Å². The van der Waals surface area contributed by atoms with E-state index in [-0.39, 0.29) is 24.9 Å². The van der Waals surface area contributed by atoms with Gasteiger partial charge in [-0.2, -0.15) is 0 Å². The van der Waals surface area contributed by atoms with Gasteiger partial charge in [0, 0.05) is 25.6 Å². The molecule has 1 unspecified atom stereocenters. The van der Waals surface area contributed by atoms with Crippen LogP contribution in [-0.2, 0) is 14.3 Å². The number of ether oxygens (including phenoxy) is 1. The highest BCUT2D eigenvalue weighted by Gasteiger charge is 2.32. The number of nitrogens with zero attached hydrogens (tertiary/aromatic N) is 2. The summed E-state index contributed by atoms with van der Waals surface area (Å²) in [7, 11) is 0. The topological polar surface area (TPSA) is 99.2 Å². The van der Waals surface area contributed by atoms with E-state index in [9.17, 15) is 18.8 Å². The SMILES string of the molecule is CC(=O)NCC1CN(c2ccc(C3=CCN(C(=O)CO)CCC3)c(F)c2)C(=O)O1. The Balaban J connectivity index is 1.72. The van der Waals surface area contributed by atoms with Crippen LogP contribution in [-0.4, -0.2) is 66.8 Å². The van der Waals surface area contributed by atoms with E-state index in [1.807, 2.05) is 0 Å². The molecule has 1 aromatic rings. The minimum absolute atomic E-state index is 0.202. The molecule has 0 saturated carbocycles. The van der Waals surface area contributed by atoms with Gasteiger partial charge in [-0.1, -0.05) is 6.08 Å². The maximum absolute atomic E-state index is 14.8. The first-order valence-electron chi connectivity index (χ1n) is 9.49. The molecule has 9 heteroatoms. The second-order valence-electron chi connectivity index (χ2n) is 7.05. The molecule has 2 aliphatic heterocycles. The lowest BCUT2D eigenvalue weighted by molar-refractivity contribution is -0.133. The average molecular weight is 405 g/mol. The molecule has 1 fully saturated rings. The molecule has 2 heterocycles. The standard InChI is InChI=1S/C20H24FN3O5/c1-13(26)22-10-16-11-24(20(28)29-16)15-4-5-17(18(21)9-15)14-3-2-7-23(8-6-14)19(27)12-25/h4-6,9,16,25H,2-3,7-8,10-12H2,1H3,(H,22,26). The Kier molecular flexibility index (Phi) is 6.48. The van der Waals surface area contributed by atoms with Gasteiger partial charge in [-0.05, 0) is 36.6 Å². The van der Waals surface area contributed by atoms with Gasteiger partial charge in [0.25, 0.3) is 0 Å². The minimum atomic E-state index is -0.584. The number of hydrogen-bond donors (Lipinski definition) is 2. The van der Waals surface area contributed by atoms with Crippen molar-refractivity contribution in [1.82, 2.24) is 10.2 Å². The second-order valence-corrected chi connectivity index (χ2v) is 7.05. The number of carbonyl (C=O) groups excluding carboxylic acids is 3. The molecule has 156 valence electrons. The summed E-state index contributed by atoms with van der Waals surface area (Å²) in [6, 6.07) is 4.57. The van der Waals surface area contributed by atoms with E-state index in [2.05, 4.69) is 5.32 Å². The fourth-order valence-corrected chi connectivity index (χ4v) is 3.47. The molecular weight excluding hydrogens is 381 g/mol. The quantitative estimate of drug-likeness (QED) is 0.769. The number of carbonyl (C=O) groups is 3. The van der Waals surface area contributed by atoms with Crippen LogP contribution in [0.5, 0.6) is 0 Å². The fourth-order valence-electron chi connectivity index (χ4n) is 3.47. The lowest BCUT2D eigenvalue weighted by atomic mass is 10.00. The Labute approximate surface area is 167 Å². The Bertz CT molecular complexity index is 841. The van der Waals surface area contributed by atoms with Crippen molar-refractivity contribution < 1.29 is 28.6 Å². The van der Waals surface area contributed by atoms with Gasteiger partial charge in [0.05, 0.1) is 18.8 Å². The van der Waals surface area contributed by atoms with Gasteiger partial charge in [-0.15, -0.1) is 0 Å². The highest BCUT2D eigenvalue weighted by atomic mass is 19.1. The van der Waals surface area contributed by atoms with Crippen molar-refractivity contribution in [2.24, 2.45) is 0 Å². The molecule has 29 heavy (non-hydrogen) atoms. The molecular formula is C20H24FN3O5. The van der Waals surface area contributed by atoms with Crippen molar-refractivity contribution in [3.8, 4) is 0 Å². The molecule has 0 spiro atoms. The molecule has 0 aliphatic carbocycles. The first kappa shape index (κ1) is 20.8. The molecule has 0 aromatic heterocycles.